The van der Waals surface area contributed by atoms with Gasteiger partial charge in [0.1, 0.15) is 5.60 Å². The van der Waals surface area contributed by atoms with Gasteiger partial charge in [-0.3, -0.25) is 0 Å². The molecule has 0 aliphatic carbocycles. The lowest BCUT2D eigenvalue weighted by Crippen LogP contribution is -2.27. The van der Waals surface area contributed by atoms with Gasteiger partial charge in [-0.1, -0.05) is 13.5 Å². The van der Waals surface area contributed by atoms with Crippen LogP contribution in [0.1, 0.15) is 33.6 Å². The Balaban J connectivity index is 2.80. The van der Waals surface area contributed by atoms with Crippen LogP contribution in [0.2, 0.25) is 0 Å². The molecule has 1 rings (SSSR count). The van der Waals surface area contributed by atoms with Crippen LogP contribution < -0.4 is 0 Å². The van der Waals surface area contributed by atoms with Gasteiger partial charge in [-0.05, 0) is 32.6 Å². The molecule has 1 atom stereocenters. The maximum absolute atomic E-state index is 11.3. The first-order valence-corrected chi connectivity index (χ1v) is 4.32. The summed E-state index contributed by atoms with van der Waals surface area (Å²) in [5.41, 5.74) is 0.281. The molecule has 2 heteroatoms. The lowest BCUT2D eigenvalue weighted by Gasteiger charge is -2.23. The molecule has 1 aliphatic rings. The van der Waals surface area contributed by atoms with Crippen molar-refractivity contribution in [2.75, 3.05) is 0 Å². The fraction of sp³-hybridized carbons (Fsp3) is 0.700. The largest absolute Gasteiger partial charge is 0.456 e. The molecule has 1 saturated heterocycles. The van der Waals surface area contributed by atoms with Crippen molar-refractivity contribution in [3.8, 4) is 0 Å². The Kier molecular flexibility index (Phi) is 2.27. The second-order valence-electron chi connectivity index (χ2n) is 4.27. The van der Waals surface area contributed by atoms with E-state index in [-0.39, 0.29) is 11.6 Å². The summed E-state index contributed by atoms with van der Waals surface area (Å²) in [6, 6.07) is 0. The number of rotatable bonds is 0. The van der Waals surface area contributed by atoms with E-state index in [9.17, 15) is 4.79 Å². The van der Waals surface area contributed by atoms with Crippen molar-refractivity contribution in [2.45, 2.75) is 39.2 Å². The number of carbonyl (C=O) groups is 1. The summed E-state index contributed by atoms with van der Waals surface area (Å²) in [6.07, 6.45) is 1.68. The van der Waals surface area contributed by atoms with Gasteiger partial charge in [0.25, 0.3) is 0 Å². The zero-order chi connectivity index (χ0) is 9.35. The number of cyclic esters (lactones) is 1. The van der Waals surface area contributed by atoms with Crippen LogP contribution in [0, 0.1) is 5.92 Å². The summed E-state index contributed by atoms with van der Waals surface area (Å²) in [4.78, 5) is 11.3. The fourth-order valence-electron chi connectivity index (χ4n) is 1.78. The highest BCUT2D eigenvalue weighted by molar-refractivity contribution is 5.88. The van der Waals surface area contributed by atoms with Gasteiger partial charge in [0, 0.05) is 5.57 Å². The number of ether oxygens (including phenoxy) is 1. The molecule has 0 amide bonds. The quantitative estimate of drug-likeness (QED) is 0.410. The Bertz CT molecular complexity index is 216. The van der Waals surface area contributed by atoms with E-state index in [2.05, 4.69) is 13.5 Å². The van der Waals surface area contributed by atoms with Crippen LogP contribution in [0.3, 0.4) is 0 Å². The van der Waals surface area contributed by atoms with Crippen molar-refractivity contribution >= 4 is 5.97 Å². The minimum atomic E-state index is -0.323. The third kappa shape index (κ3) is 2.10. The average molecular weight is 168 g/mol. The smallest absolute Gasteiger partial charge is 0.333 e. The molecule has 1 unspecified atom stereocenters. The van der Waals surface area contributed by atoms with Crippen molar-refractivity contribution in [2.24, 2.45) is 5.92 Å². The maximum Gasteiger partial charge on any atom is 0.333 e. The van der Waals surface area contributed by atoms with Gasteiger partial charge >= 0.3 is 5.97 Å². The van der Waals surface area contributed by atoms with Crippen molar-refractivity contribution in [3.63, 3.8) is 0 Å². The van der Waals surface area contributed by atoms with E-state index in [0.717, 1.165) is 12.8 Å². The van der Waals surface area contributed by atoms with Crippen LogP contribution in [-0.4, -0.2) is 11.6 Å². The molecule has 1 aliphatic heterocycles. The normalized spacial score (nSPS) is 29.4. The minimum absolute atomic E-state index is 0.232. The second-order valence-corrected chi connectivity index (χ2v) is 4.27. The molecule has 68 valence electrons. The molecule has 0 aromatic rings. The van der Waals surface area contributed by atoms with Crippen LogP contribution in [0.25, 0.3) is 0 Å². The Morgan fingerprint density at radius 2 is 2.17 bits per heavy atom. The number of esters is 1. The first-order valence-electron chi connectivity index (χ1n) is 4.32. The first kappa shape index (κ1) is 9.30. The standard InChI is InChI=1S/C10H16O2/c1-7-5-8(2)9(11)12-10(3,4)6-7/h7H,2,5-6H2,1,3-4H3. The van der Waals surface area contributed by atoms with E-state index < -0.39 is 0 Å². The first-order chi connectivity index (χ1) is 5.41. The zero-order valence-electron chi connectivity index (χ0n) is 8.02. The molecule has 0 bridgehead atoms. The molecule has 0 saturated carbocycles. The fourth-order valence-corrected chi connectivity index (χ4v) is 1.78. The van der Waals surface area contributed by atoms with Crippen LogP contribution in [0.4, 0.5) is 0 Å². The van der Waals surface area contributed by atoms with E-state index in [1.54, 1.807) is 0 Å². The summed E-state index contributed by atoms with van der Waals surface area (Å²) in [5.74, 6) is 0.253. The Hall–Kier alpha value is -0.790. The molecule has 1 fully saturated rings. The van der Waals surface area contributed by atoms with Crippen molar-refractivity contribution in [1.82, 2.24) is 0 Å². The molecule has 2 nitrogen and oxygen atoms in total. The van der Waals surface area contributed by atoms with Crippen molar-refractivity contribution in [1.29, 1.82) is 0 Å². The summed E-state index contributed by atoms with van der Waals surface area (Å²) < 4.78 is 5.24. The SMILES string of the molecule is C=C1CC(C)CC(C)(C)OC1=O. The topological polar surface area (TPSA) is 26.3 Å². The van der Waals surface area contributed by atoms with Gasteiger partial charge in [0.05, 0.1) is 0 Å². The van der Waals surface area contributed by atoms with Gasteiger partial charge in [-0.25, -0.2) is 4.79 Å². The van der Waals surface area contributed by atoms with Crippen LogP contribution in [0.15, 0.2) is 12.2 Å². The highest BCUT2D eigenvalue weighted by atomic mass is 16.6. The molecule has 0 aromatic heterocycles. The van der Waals surface area contributed by atoms with Gasteiger partial charge in [-0.2, -0.15) is 0 Å². The van der Waals surface area contributed by atoms with Crippen molar-refractivity contribution < 1.29 is 9.53 Å². The molecule has 0 spiro atoms. The van der Waals surface area contributed by atoms with E-state index in [1.165, 1.54) is 0 Å². The Morgan fingerprint density at radius 3 is 2.75 bits per heavy atom. The third-order valence-corrected chi connectivity index (χ3v) is 2.09. The molecular weight excluding hydrogens is 152 g/mol. The number of carbonyl (C=O) groups excluding carboxylic acids is 1. The second kappa shape index (κ2) is 2.92. The summed E-state index contributed by atoms with van der Waals surface area (Å²) in [6.45, 7) is 9.71. The highest BCUT2D eigenvalue weighted by Gasteiger charge is 2.30. The molecular formula is C10H16O2. The predicted octanol–water partition coefficient (Wildman–Crippen LogP) is 2.29. The lowest BCUT2D eigenvalue weighted by atomic mass is 9.92. The van der Waals surface area contributed by atoms with E-state index >= 15 is 0 Å². The Labute approximate surface area is 73.6 Å². The minimum Gasteiger partial charge on any atom is -0.456 e. The summed E-state index contributed by atoms with van der Waals surface area (Å²) in [5, 5.41) is 0. The number of hydrogen-bond acceptors (Lipinski definition) is 2. The molecule has 0 aromatic carbocycles. The summed E-state index contributed by atoms with van der Waals surface area (Å²) in [7, 11) is 0. The van der Waals surface area contributed by atoms with Gasteiger partial charge < -0.3 is 4.74 Å². The van der Waals surface area contributed by atoms with Crippen LogP contribution in [-0.2, 0) is 9.53 Å². The van der Waals surface area contributed by atoms with Gasteiger partial charge in [0.15, 0.2) is 0 Å². The Morgan fingerprint density at radius 1 is 1.58 bits per heavy atom. The summed E-state index contributed by atoms with van der Waals surface area (Å²) >= 11 is 0. The molecule has 0 N–H and O–H groups in total. The maximum atomic E-state index is 11.3. The number of hydrogen-bond donors (Lipinski definition) is 0. The van der Waals surface area contributed by atoms with Crippen LogP contribution >= 0.6 is 0 Å². The lowest BCUT2D eigenvalue weighted by molar-refractivity contribution is -0.150. The molecule has 1 heterocycles. The monoisotopic (exact) mass is 168 g/mol. The van der Waals surface area contributed by atoms with E-state index in [4.69, 9.17) is 4.74 Å². The van der Waals surface area contributed by atoms with E-state index in [1.807, 2.05) is 13.8 Å². The van der Waals surface area contributed by atoms with E-state index in [0.29, 0.717) is 11.5 Å². The van der Waals surface area contributed by atoms with Crippen LogP contribution in [0.5, 0.6) is 0 Å². The zero-order valence-corrected chi connectivity index (χ0v) is 8.02. The van der Waals surface area contributed by atoms with Gasteiger partial charge in [0.2, 0.25) is 0 Å². The van der Waals surface area contributed by atoms with Gasteiger partial charge in [-0.15, -0.1) is 0 Å². The highest BCUT2D eigenvalue weighted by Crippen LogP contribution is 2.29. The molecule has 12 heavy (non-hydrogen) atoms. The average Bonchev–Trinajstić information content (AvgIpc) is 1.89. The predicted molar refractivity (Wildman–Crippen MR) is 47.7 cm³/mol. The third-order valence-electron chi connectivity index (χ3n) is 2.09. The van der Waals surface area contributed by atoms with Crippen molar-refractivity contribution in [3.05, 3.63) is 12.2 Å². The molecule has 0 radical (unpaired) electrons.